The fraction of sp³-hybridized carbons (Fsp3) is 0.294. The van der Waals surface area contributed by atoms with Crippen molar-refractivity contribution in [3.05, 3.63) is 52.0 Å². The van der Waals surface area contributed by atoms with Gasteiger partial charge in [0.15, 0.2) is 5.75 Å². The third kappa shape index (κ3) is 2.09. The van der Waals surface area contributed by atoms with E-state index in [0.29, 0.717) is 6.04 Å². The molecule has 0 saturated heterocycles. The highest BCUT2D eigenvalue weighted by molar-refractivity contribution is 9.10. The molecule has 21 heavy (non-hydrogen) atoms. The van der Waals surface area contributed by atoms with Crippen LogP contribution < -0.4 is 14.8 Å². The number of fused-ring (bicyclic) bond motifs is 4. The molecule has 0 aromatic heterocycles. The molecule has 1 N–H and O–H groups in total. The van der Waals surface area contributed by atoms with Crippen molar-refractivity contribution in [2.45, 2.75) is 25.0 Å². The van der Waals surface area contributed by atoms with Gasteiger partial charge in [0.1, 0.15) is 11.9 Å². The van der Waals surface area contributed by atoms with Crippen molar-refractivity contribution in [2.24, 2.45) is 0 Å². The summed E-state index contributed by atoms with van der Waals surface area (Å²) in [6.45, 7) is 0. The Morgan fingerprint density at radius 2 is 2.19 bits per heavy atom. The number of rotatable bonds is 1. The molecule has 2 aliphatic rings. The van der Waals surface area contributed by atoms with Gasteiger partial charge in [-0.15, -0.1) is 0 Å². The maximum Gasteiger partial charge on any atom is 0.157 e. The third-order valence-electron chi connectivity index (χ3n) is 4.30. The molecule has 4 heteroatoms. The van der Waals surface area contributed by atoms with E-state index in [1.165, 1.54) is 11.1 Å². The molecule has 1 heterocycles. The van der Waals surface area contributed by atoms with Crippen LogP contribution in [0.25, 0.3) is 0 Å². The molecule has 2 unspecified atom stereocenters. The summed E-state index contributed by atoms with van der Waals surface area (Å²) < 4.78 is 12.7. The molecule has 108 valence electrons. The Morgan fingerprint density at radius 1 is 1.29 bits per heavy atom. The molecular weight excluding hydrogens is 330 g/mol. The first kappa shape index (κ1) is 13.0. The molecule has 2 atom stereocenters. The van der Waals surface area contributed by atoms with E-state index in [-0.39, 0.29) is 6.10 Å². The van der Waals surface area contributed by atoms with Crippen molar-refractivity contribution in [3.8, 4) is 11.5 Å². The molecule has 4 rings (SSSR count). The van der Waals surface area contributed by atoms with Gasteiger partial charge in [0.25, 0.3) is 0 Å². The SMILES string of the molecule is COc1ccc2c(c1)C1Oc3c(Br)cccc3NC1CC2. The molecule has 2 aromatic rings. The number of nitrogens with one attached hydrogen (secondary N) is 1. The van der Waals surface area contributed by atoms with Gasteiger partial charge in [-0.1, -0.05) is 12.1 Å². The van der Waals surface area contributed by atoms with Gasteiger partial charge in [-0.05, 0) is 58.6 Å². The van der Waals surface area contributed by atoms with Crippen LogP contribution in [0.4, 0.5) is 5.69 Å². The van der Waals surface area contributed by atoms with E-state index in [1.54, 1.807) is 7.11 Å². The van der Waals surface area contributed by atoms with Crippen LogP contribution in [0, 0.1) is 0 Å². The molecular formula is C17H16BrNO2. The number of hydrogen-bond donors (Lipinski definition) is 1. The van der Waals surface area contributed by atoms with Crippen LogP contribution >= 0.6 is 15.9 Å². The fourth-order valence-electron chi connectivity index (χ4n) is 3.23. The average Bonchev–Trinajstić information content (AvgIpc) is 2.53. The number of anilines is 1. The number of aryl methyl sites for hydroxylation is 1. The van der Waals surface area contributed by atoms with Crippen molar-refractivity contribution in [3.63, 3.8) is 0 Å². The van der Waals surface area contributed by atoms with Crippen molar-refractivity contribution < 1.29 is 9.47 Å². The maximum absolute atomic E-state index is 6.33. The summed E-state index contributed by atoms with van der Waals surface area (Å²) in [5.41, 5.74) is 3.66. The van der Waals surface area contributed by atoms with Crippen LogP contribution in [0.3, 0.4) is 0 Å². The highest BCUT2D eigenvalue weighted by Crippen LogP contribution is 2.46. The molecule has 2 aromatic carbocycles. The van der Waals surface area contributed by atoms with Crippen LogP contribution in [0.1, 0.15) is 23.7 Å². The average molecular weight is 346 g/mol. The van der Waals surface area contributed by atoms with E-state index in [2.05, 4.69) is 39.4 Å². The Morgan fingerprint density at radius 3 is 3.05 bits per heavy atom. The van der Waals surface area contributed by atoms with E-state index in [1.807, 2.05) is 18.2 Å². The molecule has 0 amide bonds. The minimum absolute atomic E-state index is 0.0371. The maximum atomic E-state index is 6.33. The van der Waals surface area contributed by atoms with Crippen molar-refractivity contribution in [1.29, 1.82) is 0 Å². The summed E-state index contributed by atoms with van der Waals surface area (Å²) in [4.78, 5) is 0. The molecule has 0 saturated carbocycles. The van der Waals surface area contributed by atoms with Crippen LogP contribution in [0.15, 0.2) is 40.9 Å². The van der Waals surface area contributed by atoms with E-state index in [0.717, 1.165) is 34.5 Å². The van der Waals surface area contributed by atoms with E-state index >= 15 is 0 Å². The first-order valence-electron chi connectivity index (χ1n) is 7.15. The lowest BCUT2D eigenvalue weighted by Crippen LogP contribution is -2.38. The number of para-hydroxylation sites is 1. The van der Waals surface area contributed by atoms with Gasteiger partial charge in [0.2, 0.25) is 0 Å². The zero-order valence-corrected chi connectivity index (χ0v) is 13.3. The van der Waals surface area contributed by atoms with Gasteiger partial charge in [-0.3, -0.25) is 0 Å². The quantitative estimate of drug-likeness (QED) is 0.834. The van der Waals surface area contributed by atoms with E-state index in [4.69, 9.17) is 9.47 Å². The van der Waals surface area contributed by atoms with E-state index < -0.39 is 0 Å². The van der Waals surface area contributed by atoms with Crippen molar-refractivity contribution in [1.82, 2.24) is 0 Å². The number of benzene rings is 2. The lowest BCUT2D eigenvalue weighted by atomic mass is 9.84. The zero-order valence-electron chi connectivity index (χ0n) is 11.7. The number of hydrogen-bond acceptors (Lipinski definition) is 3. The standard InChI is InChI=1S/C17H16BrNO2/c1-20-11-7-5-10-6-8-15-16(12(10)9-11)21-17-13(18)3-2-4-14(17)19-15/h2-5,7,9,15-16,19H,6,8H2,1H3. The van der Waals surface area contributed by atoms with Crippen molar-refractivity contribution in [2.75, 3.05) is 12.4 Å². The molecule has 3 nitrogen and oxygen atoms in total. The second kappa shape index (κ2) is 4.95. The van der Waals surface area contributed by atoms with Crippen LogP contribution in [-0.2, 0) is 6.42 Å². The van der Waals surface area contributed by atoms with Gasteiger partial charge in [0, 0.05) is 5.56 Å². The Bertz CT molecular complexity index is 701. The highest BCUT2D eigenvalue weighted by atomic mass is 79.9. The first-order chi connectivity index (χ1) is 10.3. The first-order valence-corrected chi connectivity index (χ1v) is 7.94. The summed E-state index contributed by atoms with van der Waals surface area (Å²) in [5, 5.41) is 3.62. The largest absolute Gasteiger partial charge is 0.497 e. The monoisotopic (exact) mass is 345 g/mol. The zero-order chi connectivity index (χ0) is 14.4. The second-order valence-corrected chi connectivity index (χ2v) is 6.36. The fourth-order valence-corrected chi connectivity index (χ4v) is 3.69. The Labute approximate surface area is 132 Å². The molecule has 0 bridgehead atoms. The normalized spacial score (nSPS) is 22.2. The van der Waals surface area contributed by atoms with Gasteiger partial charge in [0.05, 0.1) is 23.3 Å². The van der Waals surface area contributed by atoms with Gasteiger partial charge in [-0.25, -0.2) is 0 Å². The Kier molecular flexibility index (Phi) is 3.07. The Balaban J connectivity index is 1.79. The summed E-state index contributed by atoms with van der Waals surface area (Å²) in [6, 6.07) is 12.7. The van der Waals surface area contributed by atoms with Crippen LogP contribution in [0.5, 0.6) is 11.5 Å². The van der Waals surface area contributed by atoms with Gasteiger partial charge >= 0.3 is 0 Å². The smallest absolute Gasteiger partial charge is 0.157 e. The van der Waals surface area contributed by atoms with Gasteiger partial charge in [-0.2, -0.15) is 0 Å². The van der Waals surface area contributed by atoms with E-state index in [9.17, 15) is 0 Å². The summed E-state index contributed by atoms with van der Waals surface area (Å²) in [5.74, 6) is 1.78. The van der Waals surface area contributed by atoms with Crippen molar-refractivity contribution >= 4 is 21.6 Å². The molecule has 1 aliphatic heterocycles. The Hall–Kier alpha value is -1.68. The summed E-state index contributed by atoms with van der Waals surface area (Å²) in [6.07, 6.45) is 2.19. The second-order valence-electron chi connectivity index (χ2n) is 5.51. The van der Waals surface area contributed by atoms with Crippen LogP contribution in [-0.4, -0.2) is 13.2 Å². The number of methoxy groups -OCH3 is 1. The summed E-state index contributed by atoms with van der Waals surface area (Å²) in [7, 11) is 1.70. The molecule has 1 aliphatic carbocycles. The number of halogens is 1. The molecule has 0 spiro atoms. The predicted molar refractivity (Wildman–Crippen MR) is 86.2 cm³/mol. The predicted octanol–water partition coefficient (Wildman–Crippen LogP) is 4.32. The number of ether oxygens (including phenoxy) is 2. The minimum Gasteiger partial charge on any atom is -0.497 e. The lowest BCUT2D eigenvalue weighted by molar-refractivity contribution is 0.156. The third-order valence-corrected chi connectivity index (χ3v) is 4.93. The minimum atomic E-state index is 0.0371. The molecule has 0 radical (unpaired) electrons. The highest BCUT2D eigenvalue weighted by Gasteiger charge is 2.36. The molecule has 0 fully saturated rings. The van der Waals surface area contributed by atoms with Crippen LogP contribution in [0.2, 0.25) is 0 Å². The topological polar surface area (TPSA) is 30.5 Å². The summed E-state index contributed by atoms with van der Waals surface area (Å²) >= 11 is 3.58. The lowest BCUT2D eigenvalue weighted by Gasteiger charge is -2.39. The van der Waals surface area contributed by atoms with Gasteiger partial charge < -0.3 is 14.8 Å².